The van der Waals surface area contributed by atoms with Crippen molar-refractivity contribution < 1.29 is 0 Å². The summed E-state index contributed by atoms with van der Waals surface area (Å²) < 4.78 is 7.55. The van der Waals surface area contributed by atoms with Crippen molar-refractivity contribution in [3.8, 4) is 22.6 Å². The lowest BCUT2D eigenvalue weighted by Crippen LogP contribution is -1.99. The highest BCUT2D eigenvalue weighted by atomic mass is 32.1. The number of hydrogen-bond donors (Lipinski definition) is 0. The van der Waals surface area contributed by atoms with E-state index in [1.54, 1.807) is 0 Å². The van der Waals surface area contributed by atoms with Gasteiger partial charge in [-0.25, -0.2) is 4.98 Å². The second kappa shape index (κ2) is 10.9. The number of pyridine rings is 1. The number of hydrogen-bond acceptors (Lipinski definition) is 2. The summed E-state index contributed by atoms with van der Waals surface area (Å²) >= 11 is 1.88. The first-order chi connectivity index (χ1) is 26.3. The molecule has 53 heavy (non-hydrogen) atoms. The molecule has 0 spiro atoms. The number of rotatable bonds is 3. The van der Waals surface area contributed by atoms with E-state index in [1.165, 1.54) is 79.9 Å². The standard InChI is InChI=1S/C49H29N3S/c1-2-14-31(15-3-1)51-42-22-9-5-17-33(42)36-25-26-37-34-18-6-10-23-43(34)52(48(37)47(36)51)32-16-12-13-30(29-32)46-40-28-27-38-35-19-7-11-24-44(35)53-49(38)45(40)39-20-4-8-21-41(39)50-46/h1-29H. The van der Waals surface area contributed by atoms with Crippen molar-refractivity contribution in [2.24, 2.45) is 0 Å². The molecule has 4 heterocycles. The third-order valence-electron chi connectivity index (χ3n) is 11.1. The van der Waals surface area contributed by atoms with Crippen LogP contribution in [0.25, 0.3) is 108 Å². The summed E-state index contributed by atoms with van der Waals surface area (Å²) in [6.45, 7) is 0. The molecule has 0 fully saturated rings. The Balaban J connectivity index is 1.19. The van der Waals surface area contributed by atoms with Crippen LogP contribution in [0.5, 0.6) is 0 Å². The van der Waals surface area contributed by atoms with Gasteiger partial charge in [-0.1, -0.05) is 127 Å². The summed E-state index contributed by atoms with van der Waals surface area (Å²) in [4.78, 5) is 5.41. The average Bonchev–Trinajstić information content (AvgIpc) is 3.89. The molecule has 0 aliphatic carbocycles. The van der Waals surface area contributed by atoms with Crippen LogP contribution < -0.4 is 0 Å². The Labute approximate surface area is 308 Å². The highest BCUT2D eigenvalue weighted by Gasteiger charge is 2.22. The Hall–Kier alpha value is -6.75. The van der Waals surface area contributed by atoms with Crippen LogP contribution in [-0.4, -0.2) is 14.1 Å². The zero-order chi connectivity index (χ0) is 34.6. The van der Waals surface area contributed by atoms with Crippen LogP contribution in [0, 0.1) is 0 Å². The van der Waals surface area contributed by atoms with Gasteiger partial charge in [0.15, 0.2) is 0 Å². The minimum atomic E-state index is 1.00. The molecule has 0 saturated heterocycles. The molecule has 4 aromatic heterocycles. The highest BCUT2D eigenvalue weighted by molar-refractivity contribution is 7.26. The molecule has 0 aliphatic heterocycles. The van der Waals surface area contributed by atoms with Gasteiger partial charge in [-0.2, -0.15) is 0 Å². The third-order valence-corrected chi connectivity index (χ3v) is 12.3. The van der Waals surface area contributed by atoms with Crippen molar-refractivity contribution >= 4 is 96.8 Å². The van der Waals surface area contributed by atoms with Gasteiger partial charge in [-0.3, -0.25) is 0 Å². The second-order valence-electron chi connectivity index (χ2n) is 13.9. The van der Waals surface area contributed by atoms with Gasteiger partial charge in [0, 0.05) is 74.8 Å². The van der Waals surface area contributed by atoms with E-state index in [1.807, 2.05) is 11.3 Å². The molecule has 4 heteroatoms. The molecule has 0 saturated carbocycles. The van der Waals surface area contributed by atoms with Gasteiger partial charge in [-0.15, -0.1) is 11.3 Å². The van der Waals surface area contributed by atoms with Crippen LogP contribution in [-0.2, 0) is 0 Å². The minimum Gasteiger partial charge on any atom is -0.307 e. The molecule has 8 aromatic carbocycles. The average molecular weight is 692 g/mol. The Morgan fingerprint density at radius 3 is 1.72 bits per heavy atom. The fourth-order valence-electron chi connectivity index (χ4n) is 8.84. The lowest BCUT2D eigenvalue weighted by atomic mass is 9.98. The second-order valence-corrected chi connectivity index (χ2v) is 14.9. The van der Waals surface area contributed by atoms with Crippen molar-refractivity contribution in [3.05, 3.63) is 176 Å². The van der Waals surface area contributed by atoms with Gasteiger partial charge in [0.2, 0.25) is 0 Å². The van der Waals surface area contributed by atoms with Gasteiger partial charge in [0.25, 0.3) is 0 Å². The van der Waals surface area contributed by atoms with Gasteiger partial charge in [0.1, 0.15) is 0 Å². The summed E-state index contributed by atoms with van der Waals surface area (Å²) in [7, 11) is 0. The molecule has 246 valence electrons. The highest BCUT2D eigenvalue weighted by Crippen LogP contribution is 2.45. The van der Waals surface area contributed by atoms with Gasteiger partial charge in [0.05, 0.1) is 33.3 Å². The fraction of sp³-hybridized carbons (Fsp3) is 0. The Kier molecular flexibility index (Phi) is 5.93. The van der Waals surface area contributed by atoms with Crippen LogP contribution in [0.1, 0.15) is 0 Å². The third kappa shape index (κ3) is 4.01. The summed E-state index contributed by atoms with van der Waals surface area (Å²) in [6, 6.07) is 64.0. The molecule has 0 N–H and O–H groups in total. The predicted octanol–water partition coefficient (Wildman–Crippen LogP) is 13.6. The fourth-order valence-corrected chi connectivity index (χ4v) is 10.1. The van der Waals surface area contributed by atoms with Gasteiger partial charge in [-0.05, 0) is 48.5 Å². The molecule has 0 atom stereocenters. The molecule has 0 radical (unpaired) electrons. The maximum absolute atomic E-state index is 5.41. The SMILES string of the molecule is c1ccc(-n2c3ccccc3c3ccc4c5ccccc5n(-c5cccc(-c6nc7ccccc7c7c6ccc6c8ccccc8sc67)c5)c4c32)cc1. The van der Waals surface area contributed by atoms with Crippen LogP contribution in [0.15, 0.2) is 176 Å². The molecule has 12 rings (SSSR count). The van der Waals surface area contributed by atoms with Crippen molar-refractivity contribution in [2.75, 3.05) is 0 Å². The van der Waals surface area contributed by atoms with Crippen molar-refractivity contribution in [1.29, 1.82) is 0 Å². The van der Waals surface area contributed by atoms with E-state index >= 15 is 0 Å². The Morgan fingerprint density at radius 1 is 0.396 bits per heavy atom. The van der Waals surface area contributed by atoms with Gasteiger partial charge >= 0.3 is 0 Å². The van der Waals surface area contributed by atoms with E-state index < -0.39 is 0 Å². The van der Waals surface area contributed by atoms with Crippen molar-refractivity contribution in [3.63, 3.8) is 0 Å². The maximum Gasteiger partial charge on any atom is 0.0789 e. The van der Waals surface area contributed by atoms with E-state index in [0.717, 1.165) is 28.1 Å². The lowest BCUT2D eigenvalue weighted by Gasteiger charge is -2.15. The Morgan fingerprint density at radius 2 is 0.962 bits per heavy atom. The van der Waals surface area contributed by atoms with Crippen molar-refractivity contribution in [1.82, 2.24) is 14.1 Å². The van der Waals surface area contributed by atoms with Crippen LogP contribution >= 0.6 is 11.3 Å². The van der Waals surface area contributed by atoms with E-state index in [9.17, 15) is 0 Å². The molecule has 0 unspecified atom stereocenters. The molecule has 3 nitrogen and oxygen atoms in total. The number of nitrogens with zero attached hydrogens (tertiary/aromatic N) is 3. The van der Waals surface area contributed by atoms with Crippen LogP contribution in [0.2, 0.25) is 0 Å². The first kappa shape index (κ1) is 28.9. The number of para-hydroxylation sites is 4. The zero-order valence-electron chi connectivity index (χ0n) is 28.5. The van der Waals surface area contributed by atoms with Crippen molar-refractivity contribution in [2.45, 2.75) is 0 Å². The molecule has 0 amide bonds. The number of fused-ring (bicyclic) bond motifs is 14. The van der Waals surface area contributed by atoms with E-state index in [0.29, 0.717) is 0 Å². The van der Waals surface area contributed by atoms with Crippen LogP contribution in [0.3, 0.4) is 0 Å². The summed E-state index contributed by atoms with van der Waals surface area (Å²) in [6.07, 6.45) is 0. The molecular weight excluding hydrogens is 663 g/mol. The minimum absolute atomic E-state index is 1.00. The van der Waals surface area contributed by atoms with E-state index in [2.05, 4.69) is 185 Å². The number of thiophene rings is 1. The Bertz CT molecular complexity index is 3460. The summed E-state index contributed by atoms with van der Waals surface area (Å²) in [5, 5.41) is 11.2. The largest absolute Gasteiger partial charge is 0.307 e. The normalized spacial score (nSPS) is 12.2. The molecule has 12 aromatic rings. The first-order valence-electron chi connectivity index (χ1n) is 18.1. The summed E-state index contributed by atoms with van der Waals surface area (Å²) in [5.41, 5.74) is 10.2. The smallest absolute Gasteiger partial charge is 0.0789 e. The van der Waals surface area contributed by atoms with Crippen LogP contribution in [0.4, 0.5) is 0 Å². The summed E-state index contributed by atoms with van der Waals surface area (Å²) in [5.74, 6) is 0. The number of benzene rings is 8. The maximum atomic E-state index is 5.41. The van der Waals surface area contributed by atoms with E-state index in [-0.39, 0.29) is 0 Å². The predicted molar refractivity (Wildman–Crippen MR) is 226 cm³/mol. The first-order valence-corrected chi connectivity index (χ1v) is 18.9. The number of aromatic nitrogens is 3. The van der Waals surface area contributed by atoms with E-state index in [4.69, 9.17) is 4.98 Å². The molecular formula is C49H29N3S. The quantitative estimate of drug-likeness (QED) is 0.169. The molecule has 0 bridgehead atoms. The lowest BCUT2D eigenvalue weighted by molar-refractivity contribution is 1.15. The van der Waals surface area contributed by atoms with Gasteiger partial charge < -0.3 is 9.13 Å². The molecule has 0 aliphatic rings. The topological polar surface area (TPSA) is 22.8 Å². The monoisotopic (exact) mass is 691 g/mol. The zero-order valence-corrected chi connectivity index (χ0v) is 29.3.